The normalized spacial score (nSPS) is 11.8. The van der Waals surface area contributed by atoms with Crippen LogP contribution in [-0.2, 0) is 6.42 Å². The van der Waals surface area contributed by atoms with Gasteiger partial charge in [-0.15, -0.1) is 0 Å². The molecule has 0 saturated carbocycles. The molecule has 0 heterocycles. The van der Waals surface area contributed by atoms with Gasteiger partial charge in [0, 0.05) is 16.9 Å². The van der Waals surface area contributed by atoms with Gasteiger partial charge in [-0.2, -0.15) is 0 Å². The van der Waals surface area contributed by atoms with Crippen molar-refractivity contribution in [1.29, 1.82) is 0 Å². The molecule has 0 bridgehead atoms. The Bertz CT molecular complexity index is 2560. The molecule has 1 nitrogen and oxygen atoms in total. The highest BCUT2D eigenvalue weighted by Gasteiger charge is 2.18. The molecule has 0 atom stereocenters. The standard InChI is InChI=1S/C50H39N/c1-36-25-30-41(31-26-36)51(50-24-14-13-21-44(50)39-17-7-4-8-18-39)42(33-28-38-15-5-3-6-16-38)32-27-37(2)48-35-49-43-20-10-9-19-40(43)29-34-47(49)45-22-11-12-23-46(45)48/h3-27,29-35H,2,28H2,1H3/b32-27-,42-33+. The summed E-state index contributed by atoms with van der Waals surface area (Å²) in [7, 11) is 0. The van der Waals surface area contributed by atoms with Gasteiger partial charge in [0.05, 0.1) is 5.69 Å². The summed E-state index contributed by atoms with van der Waals surface area (Å²) in [5.74, 6) is 0. The van der Waals surface area contributed by atoms with Crippen molar-refractivity contribution in [1.82, 2.24) is 0 Å². The van der Waals surface area contributed by atoms with Crippen molar-refractivity contribution in [2.75, 3.05) is 4.90 Å². The number of hydrogen-bond acceptors (Lipinski definition) is 1. The van der Waals surface area contributed by atoms with Crippen LogP contribution in [0.1, 0.15) is 16.7 Å². The van der Waals surface area contributed by atoms with Gasteiger partial charge in [-0.3, -0.25) is 0 Å². The molecule has 8 aromatic carbocycles. The average Bonchev–Trinajstić information content (AvgIpc) is 3.19. The highest BCUT2D eigenvalue weighted by molar-refractivity contribution is 6.20. The molecule has 8 aromatic rings. The average molecular weight is 654 g/mol. The summed E-state index contributed by atoms with van der Waals surface area (Å²) >= 11 is 0. The van der Waals surface area contributed by atoms with Crippen molar-refractivity contribution in [3.05, 3.63) is 223 Å². The first kappa shape index (κ1) is 31.8. The zero-order valence-electron chi connectivity index (χ0n) is 28.8. The highest BCUT2D eigenvalue weighted by Crippen LogP contribution is 2.40. The van der Waals surface area contributed by atoms with E-state index < -0.39 is 0 Å². The Morgan fingerprint density at radius 2 is 1.18 bits per heavy atom. The van der Waals surface area contributed by atoms with Gasteiger partial charge in [0.25, 0.3) is 0 Å². The minimum atomic E-state index is 0.785. The quantitative estimate of drug-likeness (QED) is 0.111. The number of anilines is 2. The predicted octanol–water partition coefficient (Wildman–Crippen LogP) is 13.7. The number of hydrogen-bond donors (Lipinski definition) is 0. The van der Waals surface area contributed by atoms with Crippen LogP contribution in [-0.4, -0.2) is 0 Å². The van der Waals surface area contributed by atoms with E-state index in [9.17, 15) is 0 Å². The van der Waals surface area contributed by atoms with E-state index in [1.54, 1.807) is 0 Å². The summed E-state index contributed by atoms with van der Waals surface area (Å²) in [6.45, 7) is 6.84. The fraction of sp³-hybridized carbons (Fsp3) is 0.0400. The van der Waals surface area contributed by atoms with Crippen molar-refractivity contribution in [2.24, 2.45) is 0 Å². The van der Waals surface area contributed by atoms with Gasteiger partial charge in [-0.05, 0) is 98.3 Å². The molecular formula is C50H39N. The zero-order valence-corrected chi connectivity index (χ0v) is 28.8. The molecule has 0 aliphatic heterocycles. The first-order valence-corrected chi connectivity index (χ1v) is 17.6. The van der Waals surface area contributed by atoms with Gasteiger partial charge in [0.2, 0.25) is 0 Å². The van der Waals surface area contributed by atoms with E-state index in [1.165, 1.54) is 54.6 Å². The Morgan fingerprint density at radius 1 is 0.549 bits per heavy atom. The van der Waals surface area contributed by atoms with Gasteiger partial charge in [-0.25, -0.2) is 0 Å². The molecule has 0 radical (unpaired) electrons. The molecule has 0 aliphatic carbocycles. The molecule has 0 amide bonds. The molecule has 0 aliphatic rings. The summed E-state index contributed by atoms with van der Waals surface area (Å²) in [4.78, 5) is 2.39. The molecule has 0 saturated heterocycles. The molecular weight excluding hydrogens is 615 g/mol. The van der Waals surface area contributed by atoms with Crippen molar-refractivity contribution in [2.45, 2.75) is 13.3 Å². The second-order valence-corrected chi connectivity index (χ2v) is 13.1. The van der Waals surface area contributed by atoms with E-state index in [2.05, 4.69) is 206 Å². The molecule has 0 aromatic heterocycles. The number of para-hydroxylation sites is 1. The molecule has 0 spiro atoms. The maximum atomic E-state index is 4.70. The van der Waals surface area contributed by atoms with E-state index in [0.29, 0.717) is 0 Å². The summed E-state index contributed by atoms with van der Waals surface area (Å²) in [6, 6.07) is 63.0. The SMILES string of the molecule is C=C(/C=C\C(=C/Cc1ccccc1)N(c1ccc(C)cc1)c1ccccc1-c1ccccc1)c1cc2c3ccccc3ccc2c2ccccc12. The lowest BCUT2D eigenvalue weighted by Crippen LogP contribution is -2.16. The number of benzene rings is 8. The van der Waals surface area contributed by atoms with Gasteiger partial charge < -0.3 is 4.90 Å². The summed E-state index contributed by atoms with van der Waals surface area (Å²) < 4.78 is 0. The first-order chi connectivity index (χ1) is 25.1. The predicted molar refractivity (Wildman–Crippen MR) is 221 cm³/mol. The minimum Gasteiger partial charge on any atom is -0.310 e. The van der Waals surface area contributed by atoms with Crippen LogP contribution in [0, 0.1) is 6.92 Å². The largest absolute Gasteiger partial charge is 0.310 e. The fourth-order valence-electron chi connectivity index (χ4n) is 7.12. The number of nitrogens with zero attached hydrogens (tertiary/aromatic N) is 1. The van der Waals surface area contributed by atoms with Crippen LogP contribution < -0.4 is 4.90 Å². The third-order valence-corrected chi connectivity index (χ3v) is 9.74. The Morgan fingerprint density at radius 3 is 1.96 bits per heavy atom. The molecule has 244 valence electrons. The molecule has 51 heavy (non-hydrogen) atoms. The van der Waals surface area contributed by atoms with E-state index in [1.807, 2.05) is 0 Å². The molecule has 0 N–H and O–H groups in total. The summed E-state index contributed by atoms with van der Waals surface area (Å²) in [5, 5.41) is 7.44. The van der Waals surface area contributed by atoms with Crippen molar-refractivity contribution >= 4 is 49.3 Å². The van der Waals surface area contributed by atoms with Crippen LogP contribution in [0.15, 0.2) is 206 Å². The van der Waals surface area contributed by atoms with Crippen LogP contribution in [0.5, 0.6) is 0 Å². The van der Waals surface area contributed by atoms with Crippen molar-refractivity contribution < 1.29 is 0 Å². The van der Waals surface area contributed by atoms with Crippen LogP contribution in [0.4, 0.5) is 11.4 Å². The summed E-state index contributed by atoms with van der Waals surface area (Å²) in [6.07, 6.45) is 7.57. The molecule has 8 rings (SSSR count). The Kier molecular flexibility index (Phi) is 8.85. The van der Waals surface area contributed by atoms with E-state index in [-0.39, 0.29) is 0 Å². The third kappa shape index (κ3) is 6.50. The Labute approximate surface area is 300 Å². The topological polar surface area (TPSA) is 3.24 Å². The fourth-order valence-corrected chi connectivity index (χ4v) is 7.12. The maximum Gasteiger partial charge on any atom is 0.0539 e. The lowest BCUT2D eigenvalue weighted by Gasteiger charge is -2.29. The van der Waals surface area contributed by atoms with E-state index >= 15 is 0 Å². The minimum absolute atomic E-state index is 0.785. The van der Waals surface area contributed by atoms with Crippen LogP contribution >= 0.6 is 0 Å². The first-order valence-electron chi connectivity index (χ1n) is 17.6. The molecule has 0 unspecified atom stereocenters. The number of allylic oxidation sites excluding steroid dienone is 4. The highest BCUT2D eigenvalue weighted by atomic mass is 15.1. The maximum absolute atomic E-state index is 4.70. The van der Waals surface area contributed by atoms with Crippen molar-refractivity contribution in [3.8, 4) is 11.1 Å². The molecule has 1 heteroatoms. The second kappa shape index (κ2) is 14.2. The van der Waals surface area contributed by atoms with Gasteiger partial charge in [-0.1, -0.05) is 176 Å². The van der Waals surface area contributed by atoms with E-state index in [0.717, 1.165) is 34.6 Å². The Balaban J connectivity index is 1.30. The lowest BCUT2D eigenvalue weighted by atomic mass is 9.91. The number of aryl methyl sites for hydroxylation is 1. The zero-order chi connectivity index (χ0) is 34.6. The van der Waals surface area contributed by atoms with Crippen molar-refractivity contribution in [3.63, 3.8) is 0 Å². The van der Waals surface area contributed by atoms with Crippen LogP contribution in [0.25, 0.3) is 49.0 Å². The van der Waals surface area contributed by atoms with Gasteiger partial charge >= 0.3 is 0 Å². The van der Waals surface area contributed by atoms with Crippen LogP contribution in [0.3, 0.4) is 0 Å². The number of fused-ring (bicyclic) bond motifs is 5. The number of rotatable bonds is 9. The third-order valence-electron chi connectivity index (χ3n) is 9.74. The van der Waals surface area contributed by atoms with E-state index in [4.69, 9.17) is 6.58 Å². The summed E-state index contributed by atoms with van der Waals surface area (Å²) in [5.41, 5.74) is 10.2. The lowest BCUT2D eigenvalue weighted by molar-refractivity contribution is 1.15. The second-order valence-electron chi connectivity index (χ2n) is 13.1. The monoisotopic (exact) mass is 653 g/mol. The van der Waals surface area contributed by atoms with Gasteiger partial charge in [0.15, 0.2) is 0 Å². The smallest absolute Gasteiger partial charge is 0.0539 e. The van der Waals surface area contributed by atoms with Crippen LogP contribution in [0.2, 0.25) is 0 Å². The molecule has 0 fully saturated rings. The van der Waals surface area contributed by atoms with Gasteiger partial charge in [0.1, 0.15) is 0 Å². The Hall–Kier alpha value is -6.44.